The van der Waals surface area contributed by atoms with E-state index in [2.05, 4.69) is 4.98 Å². The van der Waals surface area contributed by atoms with Gasteiger partial charge in [-0.05, 0) is 12.1 Å². The van der Waals surface area contributed by atoms with Gasteiger partial charge in [-0.1, -0.05) is 23.7 Å². The molecule has 1 heterocycles. The summed E-state index contributed by atoms with van der Waals surface area (Å²) in [6.07, 6.45) is 3.92. The van der Waals surface area contributed by atoms with Crippen molar-refractivity contribution in [2.75, 3.05) is 0 Å². The Morgan fingerprint density at radius 1 is 1.50 bits per heavy atom. The van der Waals surface area contributed by atoms with E-state index < -0.39 is 10.9 Å². The minimum atomic E-state index is -0.628. The summed E-state index contributed by atoms with van der Waals surface area (Å²) in [4.78, 5) is 26.0. The molecule has 8 heteroatoms. The maximum atomic E-state index is 11.6. The van der Waals surface area contributed by atoms with Crippen LogP contribution in [0.5, 0.6) is 0 Å². The van der Waals surface area contributed by atoms with Crippen molar-refractivity contribution in [2.24, 2.45) is 7.05 Å². The molecule has 0 aliphatic heterocycles. The number of benzene rings is 1. The second-order valence-corrected chi connectivity index (χ2v) is 4.70. The van der Waals surface area contributed by atoms with E-state index in [1.54, 1.807) is 29.8 Å². The van der Waals surface area contributed by atoms with Crippen molar-refractivity contribution in [3.63, 3.8) is 0 Å². The fourth-order valence-electron chi connectivity index (χ4n) is 1.69. The van der Waals surface area contributed by atoms with E-state index in [-0.39, 0.29) is 12.3 Å². The summed E-state index contributed by atoms with van der Waals surface area (Å²) < 4.78 is 6.59. The third kappa shape index (κ3) is 3.70. The van der Waals surface area contributed by atoms with Gasteiger partial charge in [0.1, 0.15) is 17.6 Å². The van der Waals surface area contributed by atoms with Crippen molar-refractivity contribution < 1.29 is 14.5 Å². The predicted molar refractivity (Wildman–Crippen MR) is 80.1 cm³/mol. The third-order valence-corrected chi connectivity index (χ3v) is 3.25. The van der Waals surface area contributed by atoms with Gasteiger partial charge in [0.15, 0.2) is 0 Å². The molecule has 7 nitrogen and oxygen atoms in total. The van der Waals surface area contributed by atoms with Crippen LogP contribution in [-0.2, 0) is 23.2 Å². The monoisotopic (exact) mass is 321 g/mol. The van der Waals surface area contributed by atoms with Gasteiger partial charge in [-0.15, -0.1) is 0 Å². The van der Waals surface area contributed by atoms with Crippen LogP contribution < -0.4 is 0 Å². The quantitative estimate of drug-likeness (QED) is 0.366. The molecule has 0 spiro atoms. The Kier molecular flexibility index (Phi) is 4.90. The van der Waals surface area contributed by atoms with E-state index in [1.165, 1.54) is 18.3 Å². The van der Waals surface area contributed by atoms with Crippen LogP contribution in [0.3, 0.4) is 0 Å². The Morgan fingerprint density at radius 3 is 2.86 bits per heavy atom. The fraction of sp³-hybridized carbons (Fsp3) is 0.143. The molecular formula is C14H12ClN3O4. The van der Waals surface area contributed by atoms with Crippen LogP contribution in [-0.4, -0.2) is 20.4 Å². The second kappa shape index (κ2) is 6.86. The lowest BCUT2D eigenvalue weighted by Crippen LogP contribution is -2.05. The second-order valence-electron chi connectivity index (χ2n) is 4.31. The highest BCUT2D eigenvalue weighted by Crippen LogP contribution is 2.19. The molecule has 0 N–H and O–H groups in total. The lowest BCUT2D eigenvalue weighted by molar-refractivity contribution is -0.385. The number of nitro benzene ring substituents is 1. The van der Waals surface area contributed by atoms with E-state index in [9.17, 15) is 14.9 Å². The average molecular weight is 322 g/mol. The molecule has 2 aromatic rings. The van der Waals surface area contributed by atoms with E-state index >= 15 is 0 Å². The van der Waals surface area contributed by atoms with Gasteiger partial charge in [0, 0.05) is 19.2 Å². The zero-order chi connectivity index (χ0) is 16.1. The number of rotatable bonds is 5. The number of hydrogen-bond donors (Lipinski definition) is 0. The van der Waals surface area contributed by atoms with Crippen LogP contribution in [0.25, 0.3) is 6.08 Å². The molecule has 1 aromatic carbocycles. The molecule has 0 fully saturated rings. The van der Waals surface area contributed by atoms with Gasteiger partial charge in [-0.2, -0.15) is 0 Å². The molecule has 0 radical (unpaired) electrons. The first-order chi connectivity index (χ1) is 10.5. The first-order valence-electron chi connectivity index (χ1n) is 6.23. The van der Waals surface area contributed by atoms with Crippen molar-refractivity contribution in [1.29, 1.82) is 0 Å². The van der Waals surface area contributed by atoms with Gasteiger partial charge < -0.3 is 9.30 Å². The number of nitro groups is 1. The van der Waals surface area contributed by atoms with Crippen molar-refractivity contribution in [2.45, 2.75) is 6.61 Å². The molecule has 0 bridgehead atoms. The Bertz CT molecular complexity index is 739. The molecule has 0 saturated heterocycles. The Labute approximate surface area is 130 Å². The maximum Gasteiger partial charge on any atom is 0.331 e. The number of para-hydroxylation sites is 1. The molecule has 22 heavy (non-hydrogen) atoms. The Morgan fingerprint density at radius 2 is 2.23 bits per heavy atom. The van der Waals surface area contributed by atoms with Crippen molar-refractivity contribution in [3.05, 3.63) is 63.2 Å². The number of imidazole rings is 1. The largest absolute Gasteiger partial charge is 0.454 e. The zero-order valence-corrected chi connectivity index (χ0v) is 12.4. The highest BCUT2D eigenvalue weighted by atomic mass is 35.5. The summed E-state index contributed by atoms with van der Waals surface area (Å²) in [5, 5.41) is 11.3. The zero-order valence-electron chi connectivity index (χ0n) is 11.6. The van der Waals surface area contributed by atoms with Gasteiger partial charge >= 0.3 is 5.97 Å². The van der Waals surface area contributed by atoms with Crippen LogP contribution >= 0.6 is 11.6 Å². The number of esters is 1. The molecule has 0 unspecified atom stereocenters. The van der Waals surface area contributed by atoms with Gasteiger partial charge in [-0.3, -0.25) is 10.1 Å². The topological polar surface area (TPSA) is 87.3 Å². The van der Waals surface area contributed by atoms with Gasteiger partial charge in [0.2, 0.25) is 0 Å². The minimum Gasteiger partial charge on any atom is -0.454 e. The molecule has 114 valence electrons. The standard InChI is InChI=1S/C14H12ClN3O4/c1-17-12(15)8-16-13(17)9-22-14(19)7-6-10-4-2-3-5-11(10)18(20)21/h2-8H,9H2,1H3/b7-6-. The number of aromatic nitrogens is 2. The summed E-state index contributed by atoms with van der Waals surface area (Å²) in [5.41, 5.74) is 0.243. The smallest absolute Gasteiger partial charge is 0.331 e. The SMILES string of the molecule is Cn1c(Cl)cnc1COC(=O)/C=C\c1ccccc1[N+](=O)[O-]. The summed E-state index contributed by atoms with van der Waals surface area (Å²) in [5.74, 6) is -0.130. The van der Waals surface area contributed by atoms with E-state index in [0.29, 0.717) is 16.5 Å². The fourth-order valence-corrected chi connectivity index (χ4v) is 1.84. The molecule has 0 atom stereocenters. The van der Waals surface area contributed by atoms with Gasteiger partial charge in [-0.25, -0.2) is 9.78 Å². The van der Waals surface area contributed by atoms with Crippen LogP contribution in [0.15, 0.2) is 36.5 Å². The van der Waals surface area contributed by atoms with Crippen molar-refractivity contribution >= 4 is 29.3 Å². The number of nitrogens with zero attached hydrogens (tertiary/aromatic N) is 3. The van der Waals surface area contributed by atoms with Crippen LogP contribution in [0.1, 0.15) is 11.4 Å². The van der Waals surface area contributed by atoms with Crippen molar-refractivity contribution in [3.8, 4) is 0 Å². The van der Waals surface area contributed by atoms with Crippen molar-refractivity contribution in [1.82, 2.24) is 9.55 Å². The third-order valence-electron chi connectivity index (χ3n) is 2.90. The maximum absolute atomic E-state index is 11.6. The molecular weight excluding hydrogens is 310 g/mol. The van der Waals surface area contributed by atoms with E-state index in [0.717, 1.165) is 6.08 Å². The lowest BCUT2D eigenvalue weighted by Gasteiger charge is -2.03. The van der Waals surface area contributed by atoms with E-state index in [1.807, 2.05) is 0 Å². The van der Waals surface area contributed by atoms with Gasteiger partial charge in [0.05, 0.1) is 16.7 Å². The highest BCUT2D eigenvalue weighted by Gasteiger charge is 2.10. The lowest BCUT2D eigenvalue weighted by atomic mass is 10.1. The average Bonchev–Trinajstić information content (AvgIpc) is 2.82. The summed E-state index contributed by atoms with van der Waals surface area (Å²) in [6.45, 7) is -0.0384. The summed E-state index contributed by atoms with van der Waals surface area (Å²) in [7, 11) is 1.70. The van der Waals surface area contributed by atoms with E-state index in [4.69, 9.17) is 16.3 Å². The summed E-state index contributed by atoms with van der Waals surface area (Å²) >= 11 is 5.82. The molecule has 0 amide bonds. The van der Waals surface area contributed by atoms with Crippen LogP contribution in [0.4, 0.5) is 5.69 Å². The molecule has 2 rings (SSSR count). The van der Waals surface area contributed by atoms with Crippen LogP contribution in [0, 0.1) is 10.1 Å². The number of halogens is 1. The molecule has 1 aromatic heterocycles. The number of ether oxygens (including phenoxy) is 1. The number of hydrogen-bond acceptors (Lipinski definition) is 5. The minimum absolute atomic E-state index is 0.0384. The normalized spacial score (nSPS) is 10.8. The van der Waals surface area contributed by atoms with Gasteiger partial charge in [0.25, 0.3) is 5.69 Å². The molecule has 0 aliphatic carbocycles. The Balaban J connectivity index is 2.00. The molecule has 0 aliphatic rings. The summed E-state index contributed by atoms with van der Waals surface area (Å²) in [6, 6.07) is 6.10. The number of carbonyl (C=O) groups excluding carboxylic acids is 1. The number of carbonyl (C=O) groups is 1. The molecule has 0 saturated carbocycles. The first kappa shape index (κ1) is 15.7. The van der Waals surface area contributed by atoms with Crippen LogP contribution in [0.2, 0.25) is 5.15 Å². The Hall–Kier alpha value is -2.67. The first-order valence-corrected chi connectivity index (χ1v) is 6.61. The predicted octanol–water partition coefficient (Wildman–Crippen LogP) is 2.74. The highest BCUT2D eigenvalue weighted by molar-refractivity contribution is 6.29.